The summed E-state index contributed by atoms with van der Waals surface area (Å²) in [6.07, 6.45) is 4.06. The van der Waals surface area contributed by atoms with E-state index in [9.17, 15) is 4.39 Å². The second-order valence-corrected chi connectivity index (χ2v) is 3.47. The monoisotopic (exact) mass is 233 g/mol. The first-order chi connectivity index (χ1) is 8.28. The second-order valence-electron chi connectivity index (χ2n) is 3.47. The van der Waals surface area contributed by atoms with Crippen LogP contribution in [0.4, 0.5) is 4.39 Å². The number of nitrogens with two attached hydrogens (primary N) is 1. The van der Waals surface area contributed by atoms with Crippen molar-refractivity contribution in [3.8, 4) is 11.8 Å². The number of benzene rings is 1. The molecule has 0 atom stereocenters. The Balaban J connectivity index is 2.05. The molecule has 1 aromatic carbocycles. The van der Waals surface area contributed by atoms with E-state index in [1.165, 1.54) is 24.3 Å². The fourth-order valence-electron chi connectivity index (χ4n) is 1.30. The van der Waals surface area contributed by atoms with Crippen LogP contribution in [0.2, 0.25) is 0 Å². The number of hydrogen-bond acceptors (Lipinski definition) is 4. The fourth-order valence-corrected chi connectivity index (χ4v) is 1.30. The van der Waals surface area contributed by atoms with E-state index in [0.717, 1.165) is 12.0 Å². The van der Waals surface area contributed by atoms with Crippen LogP contribution in [0.25, 0.3) is 0 Å². The summed E-state index contributed by atoms with van der Waals surface area (Å²) in [6, 6.07) is 5.91. The van der Waals surface area contributed by atoms with E-state index in [1.54, 1.807) is 12.4 Å². The van der Waals surface area contributed by atoms with E-state index in [-0.39, 0.29) is 11.8 Å². The van der Waals surface area contributed by atoms with Crippen molar-refractivity contribution >= 4 is 0 Å². The van der Waals surface area contributed by atoms with Gasteiger partial charge in [0.05, 0.1) is 0 Å². The van der Waals surface area contributed by atoms with E-state index in [2.05, 4.69) is 9.97 Å². The molecule has 0 bridgehead atoms. The molecule has 0 radical (unpaired) electrons. The van der Waals surface area contributed by atoms with Gasteiger partial charge in [0.15, 0.2) is 0 Å². The molecule has 0 aliphatic rings. The zero-order valence-electron chi connectivity index (χ0n) is 9.14. The Kier molecular flexibility index (Phi) is 3.62. The number of hydrogen-bond donors (Lipinski definition) is 1. The predicted molar refractivity (Wildman–Crippen MR) is 61.3 cm³/mol. The van der Waals surface area contributed by atoms with Crippen molar-refractivity contribution in [3.63, 3.8) is 0 Å². The fraction of sp³-hybridized carbons (Fsp3) is 0.167. The molecule has 5 heteroatoms. The van der Waals surface area contributed by atoms with E-state index in [0.29, 0.717) is 12.3 Å². The zero-order chi connectivity index (χ0) is 12.1. The molecule has 0 unspecified atom stereocenters. The first-order valence-electron chi connectivity index (χ1n) is 5.22. The molecule has 2 rings (SSSR count). The van der Waals surface area contributed by atoms with Gasteiger partial charge in [-0.2, -0.15) is 0 Å². The van der Waals surface area contributed by atoms with Gasteiger partial charge in [-0.05, 0) is 42.8 Å². The highest BCUT2D eigenvalue weighted by Gasteiger charge is 2.01. The largest absolute Gasteiger partial charge is 0.424 e. The lowest BCUT2D eigenvalue weighted by Gasteiger charge is -2.03. The highest BCUT2D eigenvalue weighted by molar-refractivity contribution is 5.25. The van der Waals surface area contributed by atoms with E-state index in [1.807, 2.05) is 0 Å². The number of rotatable bonds is 4. The van der Waals surface area contributed by atoms with Crippen LogP contribution in [0.3, 0.4) is 0 Å². The molecule has 1 heterocycles. The smallest absolute Gasteiger partial charge is 0.321 e. The van der Waals surface area contributed by atoms with Crippen LogP contribution >= 0.6 is 0 Å². The van der Waals surface area contributed by atoms with Gasteiger partial charge in [0.2, 0.25) is 0 Å². The van der Waals surface area contributed by atoms with Gasteiger partial charge >= 0.3 is 6.01 Å². The summed E-state index contributed by atoms with van der Waals surface area (Å²) >= 11 is 0. The van der Waals surface area contributed by atoms with Crippen LogP contribution in [0.15, 0.2) is 36.7 Å². The van der Waals surface area contributed by atoms with Crippen LogP contribution in [-0.2, 0) is 6.42 Å². The Morgan fingerprint density at radius 1 is 1.12 bits per heavy atom. The molecule has 4 nitrogen and oxygen atoms in total. The number of aromatic nitrogens is 2. The first-order valence-corrected chi connectivity index (χ1v) is 5.22. The Morgan fingerprint density at radius 3 is 2.35 bits per heavy atom. The van der Waals surface area contributed by atoms with Gasteiger partial charge in [0, 0.05) is 12.4 Å². The highest BCUT2D eigenvalue weighted by atomic mass is 19.1. The summed E-state index contributed by atoms with van der Waals surface area (Å²) in [4.78, 5) is 8.06. The van der Waals surface area contributed by atoms with Crippen molar-refractivity contribution in [2.45, 2.75) is 6.42 Å². The maximum absolute atomic E-state index is 12.7. The summed E-state index contributed by atoms with van der Waals surface area (Å²) in [5, 5.41) is 0. The molecule has 2 aromatic rings. The van der Waals surface area contributed by atoms with Crippen molar-refractivity contribution in [1.29, 1.82) is 0 Å². The number of halogens is 1. The van der Waals surface area contributed by atoms with Crippen LogP contribution in [0, 0.1) is 5.82 Å². The Hall–Kier alpha value is -2.01. The van der Waals surface area contributed by atoms with Crippen molar-refractivity contribution in [3.05, 3.63) is 48.0 Å². The average molecular weight is 233 g/mol. The molecule has 0 spiro atoms. The molecule has 1 aromatic heterocycles. The molecule has 0 saturated carbocycles. The van der Waals surface area contributed by atoms with E-state index >= 15 is 0 Å². The zero-order valence-corrected chi connectivity index (χ0v) is 9.14. The Morgan fingerprint density at radius 2 is 1.76 bits per heavy atom. The van der Waals surface area contributed by atoms with Crippen molar-refractivity contribution in [2.75, 3.05) is 6.54 Å². The van der Waals surface area contributed by atoms with Crippen LogP contribution in [-0.4, -0.2) is 16.5 Å². The minimum absolute atomic E-state index is 0.234. The standard InChI is InChI=1S/C12H12FN3O/c13-10-1-3-11(4-2-10)17-12-15-7-9(5-6-14)8-16-12/h1-4,7-8H,5-6,14H2. The first kappa shape index (κ1) is 11.5. The highest BCUT2D eigenvalue weighted by Crippen LogP contribution is 2.17. The molecule has 0 fully saturated rings. The maximum atomic E-state index is 12.7. The van der Waals surface area contributed by atoms with Gasteiger partial charge < -0.3 is 10.5 Å². The van der Waals surface area contributed by atoms with Gasteiger partial charge in [-0.1, -0.05) is 0 Å². The summed E-state index contributed by atoms with van der Waals surface area (Å²) < 4.78 is 18.0. The molecule has 88 valence electrons. The average Bonchev–Trinajstić information content (AvgIpc) is 2.35. The Labute approximate surface area is 98.3 Å². The molecular weight excluding hydrogens is 221 g/mol. The number of ether oxygens (including phenoxy) is 1. The summed E-state index contributed by atoms with van der Waals surface area (Å²) in [5.41, 5.74) is 6.37. The van der Waals surface area contributed by atoms with Gasteiger partial charge in [0.25, 0.3) is 0 Å². The molecule has 0 aliphatic carbocycles. The molecule has 2 N–H and O–H groups in total. The molecular formula is C12H12FN3O. The van der Waals surface area contributed by atoms with Crippen molar-refractivity contribution < 1.29 is 9.13 Å². The molecule has 0 amide bonds. The van der Waals surface area contributed by atoms with E-state index in [4.69, 9.17) is 10.5 Å². The van der Waals surface area contributed by atoms with E-state index < -0.39 is 0 Å². The predicted octanol–water partition coefficient (Wildman–Crippen LogP) is 1.91. The molecule has 0 aliphatic heterocycles. The van der Waals surface area contributed by atoms with Gasteiger partial charge in [-0.3, -0.25) is 0 Å². The lowest BCUT2D eigenvalue weighted by atomic mass is 10.2. The number of nitrogens with zero attached hydrogens (tertiary/aromatic N) is 2. The summed E-state index contributed by atoms with van der Waals surface area (Å²) in [6.45, 7) is 0.557. The molecule has 17 heavy (non-hydrogen) atoms. The minimum Gasteiger partial charge on any atom is -0.424 e. The lowest BCUT2D eigenvalue weighted by molar-refractivity contribution is 0.439. The Bertz CT molecular complexity index is 470. The minimum atomic E-state index is -0.309. The summed E-state index contributed by atoms with van der Waals surface area (Å²) in [5.74, 6) is 0.189. The van der Waals surface area contributed by atoms with Gasteiger partial charge in [-0.15, -0.1) is 0 Å². The van der Waals surface area contributed by atoms with Crippen molar-refractivity contribution in [2.24, 2.45) is 5.73 Å². The lowest BCUT2D eigenvalue weighted by Crippen LogP contribution is -2.03. The van der Waals surface area contributed by atoms with Crippen molar-refractivity contribution in [1.82, 2.24) is 9.97 Å². The molecule has 0 saturated heterocycles. The maximum Gasteiger partial charge on any atom is 0.321 e. The quantitative estimate of drug-likeness (QED) is 0.876. The SMILES string of the molecule is NCCc1cnc(Oc2ccc(F)cc2)nc1. The van der Waals surface area contributed by atoms with Gasteiger partial charge in [-0.25, -0.2) is 14.4 Å². The van der Waals surface area contributed by atoms with Gasteiger partial charge in [0.1, 0.15) is 11.6 Å². The second kappa shape index (κ2) is 5.36. The third-order valence-electron chi connectivity index (χ3n) is 2.14. The third kappa shape index (κ3) is 3.22. The summed E-state index contributed by atoms with van der Waals surface area (Å²) in [7, 11) is 0. The van der Waals surface area contributed by atoms with Crippen LogP contribution in [0.5, 0.6) is 11.8 Å². The normalized spacial score (nSPS) is 10.2. The topological polar surface area (TPSA) is 61.0 Å². The van der Waals surface area contributed by atoms with Crippen LogP contribution in [0.1, 0.15) is 5.56 Å². The third-order valence-corrected chi connectivity index (χ3v) is 2.14. The van der Waals surface area contributed by atoms with Crippen LogP contribution < -0.4 is 10.5 Å².